The highest BCUT2D eigenvalue weighted by Crippen LogP contribution is 2.27. The van der Waals surface area contributed by atoms with E-state index < -0.39 is 0 Å². The van der Waals surface area contributed by atoms with Gasteiger partial charge in [0.25, 0.3) is 0 Å². The van der Waals surface area contributed by atoms with Crippen LogP contribution in [0.15, 0.2) is 29.4 Å². The molecule has 2 rings (SSSR count). The SMILES string of the molecule is CNc1c(CSc2ccccn2)c(C)nn1C. The van der Waals surface area contributed by atoms with Gasteiger partial charge < -0.3 is 5.32 Å². The van der Waals surface area contributed by atoms with Gasteiger partial charge in [-0.3, -0.25) is 4.68 Å². The van der Waals surface area contributed by atoms with Crippen LogP contribution in [-0.4, -0.2) is 21.8 Å². The van der Waals surface area contributed by atoms with Crippen LogP contribution < -0.4 is 5.32 Å². The number of hydrogen-bond acceptors (Lipinski definition) is 4. The fourth-order valence-corrected chi connectivity index (χ4v) is 2.71. The molecule has 0 aromatic carbocycles. The van der Waals surface area contributed by atoms with Crippen molar-refractivity contribution in [1.29, 1.82) is 0 Å². The van der Waals surface area contributed by atoms with Crippen molar-refractivity contribution in [3.8, 4) is 0 Å². The molecule has 0 aliphatic carbocycles. The number of nitrogens with zero attached hydrogens (tertiary/aromatic N) is 3. The molecule has 2 aromatic rings. The van der Waals surface area contributed by atoms with Gasteiger partial charge in [-0.1, -0.05) is 6.07 Å². The summed E-state index contributed by atoms with van der Waals surface area (Å²) in [6.07, 6.45) is 1.82. The van der Waals surface area contributed by atoms with Gasteiger partial charge in [0, 0.05) is 31.6 Å². The van der Waals surface area contributed by atoms with Crippen molar-refractivity contribution in [2.75, 3.05) is 12.4 Å². The lowest BCUT2D eigenvalue weighted by Crippen LogP contribution is -2.00. The van der Waals surface area contributed by atoms with Gasteiger partial charge in [0.05, 0.1) is 10.7 Å². The number of nitrogens with one attached hydrogen (secondary N) is 1. The van der Waals surface area contributed by atoms with Crippen molar-refractivity contribution >= 4 is 17.6 Å². The molecule has 0 amide bonds. The smallest absolute Gasteiger partial charge is 0.128 e. The van der Waals surface area contributed by atoms with Crippen LogP contribution in [0.3, 0.4) is 0 Å². The second kappa shape index (κ2) is 5.23. The molecule has 0 bridgehead atoms. The van der Waals surface area contributed by atoms with Gasteiger partial charge in [-0.25, -0.2) is 4.98 Å². The first-order valence-electron chi connectivity index (χ1n) is 5.46. The van der Waals surface area contributed by atoms with Crippen LogP contribution in [0.4, 0.5) is 5.82 Å². The first kappa shape index (κ1) is 12.0. The zero-order valence-electron chi connectivity index (χ0n) is 10.3. The molecule has 4 nitrogen and oxygen atoms in total. The van der Waals surface area contributed by atoms with Crippen LogP contribution >= 0.6 is 11.8 Å². The average Bonchev–Trinajstić information content (AvgIpc) is 2.62. The number of pyridine rings is 1. The maximum atomic E-state index is 4.41. The molecule has 0 spiro atoms. The predicted molar refractivity (Wildman–Crippen MR) is 71.3 cm³/mol. The Hall–Kier alpha value is -1.49. The van der Waals surface area contributed by atoms with Gasteiger partial charge in [0.15, 0.2) is 0 Å². The van der Waals surface area contributed by atoms with E-state index in [2.05, 4.69) is 15.4 Å². The highest BCUT2D eigenvalue weighted by molar-refractivity contribution is 7.98. The van der Waals surface area contributed by atoms with Crippen molar-refractivity contribution in [3.05, 3.63) is 35.7 Å². The van der Waals surface area contributed by atoms with E-state index in [4.69, 9.17) is 0 Å². The van der Waals surface area contributed by atoms with Crippen LogP contribution in [0, 0.1) is 6.92 Å². The summed E-state index contributed by atoms with van der Waals surface area (Å²) in [4.78, 5) is 4.30. The molecule has 17 heavy (non-hydrogen) atoms. The maximum Gasteiger partial charge on any atom is 0.128 e. The summed E-state index contributed by atoms with van der Waals surface area (Å²) in [5.74, 6) is 1.96. The fourth-order valence-electron chi connectivity index (χ4n) is 1.77. The molecule has 0 radical (unpaired) electrons. The van der Waals surface area contributed by atoms with Crippen LogP contribution in [0.2, 0.25) is 0 Å². The maximum absolute atomic E-state index is 4.41. The van der Waals surface area contributed by atoms with Crippen molar-refractivity contribution in [3.63, 3.8) is 0 Å². The van der Waals surface area contributed by atoms with Crippen molar-refractivity contribution in [1.82, 2.24) is 14.8 Å². The molecule has 0 saturated heterocycles. The molecule has 5 heteroatoms. The van der Waals surface area contributed by atoms with Crippen LogP contribution in [0.1, 0.15) is 11.3 Å². The zero-order valence-corrected chi connectivity index (χ0v) is 11.1. The summed E-state index contributed by atoms with van der Waals surface area (Å²) in [6, 6.07) is 5.96. The molecular formula is C12H16N4S. The second-order valence-electron chi connectivity index (χ2n) is 3.74. The number of rotatable bonds is 4. The molecule has 0 aliphatic heterocycles. The normalized spacial score (nSPS) is 10.5. The molecule has 0 saturated carbocycles. The molecule has 2 aromatic heterocycles. The summed E-state index contributed by atoms with van der Waals surface area (Å²) in [6.45, 7) is 2.04. The molecule has 0 fully saturated rings. The standard InChI is InChI=1S/C12H16N4S/c1-9-10(12(13-2)16(3)15-9)8-17-11-6-4-5-7-14-11/h4-7,13H,8H2,1-3H3. The number of aromatic nitrogens is 3. The highest BCUT2D eigenvalue weighted by Gasteiger charge is 2.12. The largest absolute Gasteiger partial charge is 0.373 e. The molecule has 2 heterocycles. The molecule has 0 unspecified atom stereocenters. The Kier molecular flexibility index (Phi) is 3.68. The van der Waals surface area contributed by atoms with Crippen LogP contribution in [-0.2, 0) is 12.8 Å². The van der Waals surface area contributed by atoms with Gasteiger partial charge in [-0.2, -0.15) is 5.10 Å². The van der Waals surface area contributed by atoms with E-state index in [0.29, 0.717) is 0 Å². The van der Waals surface area contributed by atoms with E-state index >= 15 is 0 Å². The second-order valence-corrected chi connectivity index (χ2v) is 4.74. The Morgan fingerprint density at radius 3 is 2.88 bits per heavy atom. The fraction of sp³-hybridized carbons (Fsp3) is 0.333. The lowest BCUT2D eigenvalue weighted by atomic mass is 10.3. The first-order valence-corrected chi connectivity index (χ1v) is 6.45. The van der Waals surface area contributed by atoms with E-state index in [1.807, 2.05) is 50.1 Å². The summed E-state index contributed by atoms with van der Waals surface area (Å²) in [5, 5.41) is 8.64. The Morgan fingerprint density at radius 1 is 1.41 bits per heavy atom. The average molecular weight is 248 g/mol. The Labute approximate surface area is 105 Å². The summed E-state index contributed by atoms with van der Waals surface area (Å²) >= 11 is 1.73. The number of hydrogen-bond donors (Lipinski definition) is 1. The molecule has 1 N–H and O–H groups in total. The topological polar surface area (TPSA) is 42.7 Å². The quantitative estimate of drug-likeness (QED) is 0.844. The first-order chi connectivity index (χ1) is 8.22. The third-order valence-corrected chi connectivity index (χ3v) is 3.56. The highest BCUT2D eigenvalue weighted by atomic mass is 32.2. The lowest BCUT2D eigenvalue weighted by Gasteiger charge is -2.05. The molecule has 90 valence electrons. The molecular weight excluding hydrogens is 232 g/mol. The van der Waals surface area contributed by atoms with Gasteiger partial charge in [-0.05, 0) is 19.1 Å². The van der Waals surface area contributed by atoms with E-state index in [1.165, 1.54) is 5.56 Å². The van der Waals surface area contributed by atoms with Crippen molar-refractivity contribution < 1.29 is 0 Å². The minimum atomic E-state index is 0.882. The minimum Gasteiger partial charge on any atom is -0.373 e. The zero-order chi connectivity index (χ0) is 12.3. The molecule has 0 atom stereocenters. The monoisotopic (exact) mass is 248 g/mol. The van der Waals surface area contributed by atoms with Gasteiger partial charge >= 0.3 is 0 Å². The van der Waals surface area contributed by atoms with E-state index in [-0.39, 0.29) is 0 Å². The predicted octanol–water partition coefficient (Wildman–Crippen LogP) is 2.46. The van der Waals surface area contributed by atoms with E-state index in [1.54, 1.807) is 11.8 Å². The molecule has 0 aliphatic rings. The third-order valence-electron chi connectivity index (χ3n) is 2.59. The lowest BCUT2D eigenvalue weighted by molar-refractivity contribution is 0.763. The Bertz CT molecular complexity index is 493. The van der Waals surface area contributed by atoms with Gasteiger partial charge in [0.2, 0.25) is 0 Å². The summed E-state index contributed by atoms with van der Waals surface area (Å²) in [5.41, 5.74) is 2.31. The third kappa shape index (κ3) is 2.61. The minimum absolute atomic E-state index is 0.882. The Balaban J connectivity index is 2.14. The Morgan fingerprint density at radius 2 is 2.24 bits per heavy atom. The summed E-state index contributed by atoms with van der Waals surface area (Å²) < 4.78 is 1.88. The van der Waals surface area contributed by atoms with Gasteiger partial charge in [0.1, 0.15) is 5.82 Å². The van der Waals surface area contributed by atoms with Gasteiger partial charge in [-0.15, -0.1) is 11.8 Å². The van der Waals surface area contributed by atoms with E-state index in [9.17, 15) is 0 Å². The number of aryl methyl sites for hydroxylation is 2. The number of anilines is 1. The van der Waals surface area contributed by atoms with Crippen molar-refractivity contribution in [2.45, 2.75) is 17.7 Å². The summed E-state index contributed by atoms with van der Waals surface area (Å²) in [7, 11) is 3.87. The van der Waals surface area contributed by atoms with Crippen molar-refractivity contribution in [2.24, 2.45) is 7.05 Å². The van der Waals surface area contributed by atoms with Crippen LogP contribution in [0.5, 0.6) is 0 Å². The number of thioether (sulfide) groups is 1. The van der Waals surface area contributed by atoms with Crippen LogP contribution in [0.25, 0.3) is 0 Å². The van der Waals surface area contributed by atoms with E-state index in [0.717, 1.165) is 22.3 Å².